The van der Waals surface area contributed by atoms with Crippen LogP contribution >= 0.6 is 0 Å². The molecule has 0 radical (unpaired) electrons. The van der Waals surface area contributed by atoms with E-state index in [1.165, 1.54) is 4.90 Å². The Balaban J connectivity index is 2.01. The van der Waals surface area contributed by atoms with Crippen molar-refractivity contribution in [3.63, 3.8) is 0 Å². The van der Waals surface area contributed by atoms with Crippen LogP contribution in [0.2, 0.25) is 0 Å². The molecule has 1 heterocycles. The fourth-order valence-corrected chi connectivity index (χ4v) is 2.90. The maximum Gasteiger partial charge on any atom is 0.355 e. The number of aromatic nitrogens is 1. The lowest BCUT2D eigenvalue weighted by Crippen LogP contribution is -2.45. The summed E-state index contributed by atoms with van der Waals surface area (Å²) in [6.07, 6.45) is 2.40. The largest absolute Gasteiger partial charge is 0.451 e. The number of amides is 2. The van der Waals surface area contributed by atoms with Gasteiger partial charge in [0.2, 0.25) is 5.91 Å². The highest BCUT2D eigenvalue weighted by atomic mass is 16.5. The Kier molecular flexibility index (Phi) is 7.59. The van der Waals surface area contributed by atoms with E-state index in [0.717, 1.165) is 16.8 Å². The molecule has 7 nitrogen and oxygen atoms in total. The van der Waals surface area contributed by atoms with Crippen molar-refractivity contribution in [3.8, 4) is 0 Å². The van der Waals surface area contributed by atoms with E-state index in [2.05, 4.69) is 5.32 Å². The molecule has 0 aliphatic rings. The minimum atomic E-state index is -0.574. The van der Waals surface area contributed by atoms with Crippen molar-refractivity contribution in [2.45, 2.75) is 40.2 Å². The maximum absolute atomic E-state index is 12.7. The Bertz CT molecular complexity index is 888. The zero-order valence-electron chi connectivity index (χ0n) is 17.7. The van der Waals surface area contributed by atoms with Gasteiger partial charge in [0.15, 0.2) is 6.61 Å². The number of aryl methyl sites for hydroxylation is 2. The average molecular weight is 399 g/mol. The van der Waals surface area contributed by atoms with Gasteiger partial charge in [-0.1, -0.05) is 19.1 Å². The number of nitrogens with zero attached hydrogens (tertiary/aromatic N) is 2. The van der Waals surface area contributed by atoms with Crippen LogP contribution in [0.5, 0.6) is 0 Å². The Morgan fingerprint density at radius 3 is 2.52 bits per heavy atom. The minimum absolute atomic E-state index is 0.108. The summed E-state index contributed by atoms with van der Waals surface area (Å²) in [6.45, 7) is 7.19. The van der Waals surface area contributed by atoms with Crippen LogP contribution in [0.4, 0.5) is 5.69 Å². The van der Waals surface area contributed by atoms with Crippen LogP contribution in [0.3, 0.4) is 0 Å². The van der Waals surface area contributed by atoms with E-state index < -0.39 is 18.5 Å². The van der Waals surface area contributed by atoms with Crippen molar-refractivity contribution in [1.82, 2.24) is 9.47 Å². The maximum atomic E-state index is 12.7. The Labute approximate surface area is 171 Å². The molecule has 0 saturated heterocycles. The first-order valence-electron chi connectivity index (χ1n) is 9.68. The third-order valence-electron chi connectivity index (χ3n) is 5.12. The zero-order chi connectivity index (χ0) is 21.6. The number of hydrogen-bond donors (Lipinski definition) is 1. The van der Waals surface area contributed by atoms with Gasteiger partial charge in [-0.15, -0.1) is 0 Å². The Hall–Kier alpha value is -3.09. The summed E-state index contributed by atoms with van der Waals surface area (Å²) in [6, 6.07) is 8.86. The zero-order valence-corrected chi connectivity index (χ0v) is 17.7. The molecule has 0 spiro atoms. The number of hydrogen-bond acceptors (Lipinski definition) is 4. The van der Waals surface area contributed by atoms with Crippen molar-refractivity contribution in [2.75, 3.05) is 18.5 Å². The number of ether oxygens (including phenoxy) is 1. The van der Waals surface area contributed by atoms with Gasteiger partial charge < -0.3 is 19.5 Å². The van der Waals surface area contributed by atoms with Gasteiger partial charge in [0, 0.05) is 25.0 Å². The summed E-state index contributed by atoms with van der Waals surface area (Å²) >= 11 is 0. The molecule has 0 saturated carbocycles. The topological polar surface area (TPSA) is 80.6 Å². The Morgan fingerprint density at radius 1 is 1.17 bits per heavy atom. The predicted octanol–water partition coefficient (Wildman–Crippen LogP) is 3.06. The molecule has 2 rings (SSSR count). The van der Waals surface area contributed by atoms with Crippen LogP contribution in [0.15, 0.2) is 36.5 Å². The van der Waals surface area contributed by atoms with Crippen LogP contribution in [-0.4, -0.2) is 46.4 Å². The first kappa shape index (κ1) is 22.2. The number of esters is 1. The number of rotatable bonds is 8. The molecule has 0 fully saturated rings. The fraction of sp³-hybridized carbons (Fsp3) is 0.409. The molecule has 1 N–H and O–H groups in total. The molecule has 29 heavy (non-hydrogen) atoms. The van der Waals surface area contributed by atoms with Gasteiger partial charge >= 0.3 is 5.97 Å². The van der Waals surface area contributed by atoms with E-state index >= 15 is 0 Å². The lowest BCUT2D eigenvalue weighted by molar-refractivity contribution is -0.139. The average Bonchev–Trinajstić information content (AvgIpc) is 3.13. The molecule has 7 heteroatoms. The molecule has 2 aromatic rings. The van der Waals surface area contributed by atoms with Gasteiger partial charge in [-0.2, -0.15) is 0 Å². The quantitative estimate of drug-likeness (QED) is 0.692. The van der Waals surface area contributed by atoms with Gasteiger partial charge in [-0.3, -0.25) is 9.59 Å². The number of nitrogens with one attached hydrogen (secondary N) is 1. The number of carbonyl (C=O) groups is 3. The highest BCUT2D eigenvalue weighted by molar-refractivity contribution is 5.96. The number of anilines is 1. The fourth-order valence-electron chi connectivity index (χ4n) is 2.90. The third-order valence-corrected chi connectivity index (χ3v) is 5.12. The van der Waals surface area contributed by atoms with E-state index in [0.29, 0.717) is 12.1 Å². The second-order valence-electron chi connectivity index (χ2n) is 7.16. The van der Waals surface area contributed by atoms with E-state index in [1.54, 1.807) is 29.9 Å². The van der Waals surface area contributed by atoms with Crippen LogP contribution < -0.4 is 5.32 Å². The highest BCUT2D eigenvalue weighted by Gasteiger charge is 2.24. The second-order valence-corrected chi connectivity index (χ2v) is 7.16. The summed E-state index contributed by atoms with van der Waals surface area (Å²) < 4.78 is 6.78. The van der Waals surface area contributed by atoms with Crippen molar-refractivity contribution >= 4 is 23.5 Å². The highest BCUT2D eigenvalue weighted by Crippen LogP contribution is 2.18. The standard InChI is InChI=1S/C22H29N3O4/c1-6-16(3)25(13-20(26)23-18-10-7-9-15(2)17(18)4)21(27)14-29-22(28)19-11-8-12-24(19)5/h7-12,16H,6,13-14H2,1-5H3,(H,23,26)/t16-/m0/s1. The molecular weight excluding hydrogens is 370 g/mol. The lowest BCUT2D eigenvalue weighted by atomic mass is 10.1. The molecule has 0 aliphatic carbocycles. The second kappa shape index (κ2) is 9.91. The molecule has 1 aromatic heterocycles. The summed E-state index contributed by atoms with van der Waals surface area (Å²) in [7, 11) is 1.72. The third kappa shape index (κ3) is 5.70. The monoisotopic (exact) mass is 399 g/mol. The SMILES string of the molecule is CC[C@H](C)N(CC(=O)Nc1cccc(C)c1C)C(=O)COC(=O)c1cccn1C. The molecule has 156 valence electrons. The van der Waals surface area contributed by atoms with E-state index in [4.69, 9.17) is 4.74 Å². The minimum Gasteiger partial charge on any atom is -0.451 e. The molecule has 2 amide bonds. The number of carbonyl (C=O) groups excluding carboxylic acids is 3. The summed E-state index contributed by atoms with van der Waals surface area (Å²) in [5, 5.41) is 2.87. The number of benzene rings is 1. The molecule has 0 bridgehead atoms. The van der Waals surface area contributed by atoms with Crippen molar-refractivity contribution in [3.05, 3.63) is 53.3 Å². The Morgan fingerprint density at radius 2 is 1.90 bits per heavy atom. The van der Waals surface area contributed by atoms with Crippen LogP contribution in [0, 0.1) is 13.8 Å². The molecule has 1 atom stereocenters. The van der Waals surface area contributed by atoms with E-state index in [1.807, 2.05) is 45.9 Å². The molecule has 0 aliphatic heterocycles. The normalized spacial score (nSPS) is 11.6. The molecule has 0 unspecified atom stereocenters. The van der Waals surface area contributed by atoms with Gasteiger partial charge in [0.05, 0.1) is 0 Å². The first-order chi connectivity index (χ1) is 13.7. The van der Waals surface area contributed by atoms with Gasteiger partial charge in [-0.25, -0.2) is 4.79 Å². The summed E-state index contributed by atoms with van der Waals surface area (Å²) in [4.78, 5) is 38.8. The summed E-state index contributed by atoms with van der Waals surface area (Å²) in [5.74, 6) is -1.27. The van der Waals surface area contributed by atoms with E-state index in [9.17, 15) is 14.4 Å². The van der Waals surface area contributed by atoms with E-state index in [-0.39, 0.29) is 18.5 Å². The summed E-state index contributed by atoms with van der Waals surface area (Å²) in [5.41, 5.74) is 3.14. The predicted molar refractivity (Wildman–Crippen MR) is 112 cm³/mol. The van der Waals surface area contributed by atoms with Crippen LogP contribution in [0.1, 0.15) is 41.9 Å². The molecular formula is C22H29N3O4. The van der Waals surface area contributed by atoms with Crippen molar-refractivity contribution < 1.29 is 19.1 Å². The van der Waals surface area contributed by atoms with Crippen molar-refractivity contribution in [1.29, 1.82) is 0 Å². The van der Waals surface area contributed by atoms with Gasteiger partial charge in [-0.05, 0) is 56.5 Å². The smallest absolute Gasteiger partial charge is 0.355 e. The van der Waals surface area contributed by atoms with Crippen LogP contribution in [0.25, 0.3) is 0 Å². The van der Waals surface area contributed by atoms with Gasteiger partial charge in [0.1, 0.15) is 12.2 Å². The van der Waals surface area contributed by atoms with Crippen molar-refractivity contribution in [2.24, 2.45) is 7.05 Å². The molecule has 1 aromatic carbocycles. The van der Waals surface area contributed by atoms with Gasteiger partial charge in [0.25, 0.3) is 5.91 Å². The first-order valence-corrected chi connectivity index (χ1v) is 9.68. The van der Waals surface area contributed by atoms with Crippen LogP contribution in [-0.2, 0) is 21.4 Å². The lowest BCUT2D eigenvalue weighted by Gasteiger charge is -2.28.